The van der Waals surface area contributed by atoms with E-state index >= 15 is 0 Å². The summed E-state index contributed by atoms with van der Waals surface area (Å²) in [6.45, 7) is 2.77. The van der Waals surface area contributed by atoms with Gasteiger partial charge in [0.25, 0.3) is 5.91 Å². The van der Waals surface area contributed by atoms with Crippen LogP contribution >= 0.6 is 0 Å². The smallest absolute Gasteiger partial charge is 0.339 e. The van der Waals surface area contributed by atoms with E-state index in [-0.39, 0.29) is 18.0 Å². The van der Waals surface area contributed by atoms with Crippen molar-refractivity contribution < 1.29 is 14.3 Å². The summed E-state index contributed by atoms with van der Waals surface area (Å²) in [5, 5.41) is 0. The van der Waals surface area contributed by atoms with Crippen molar-refractivity contribution in [3.05, 3.63) is 95.2 Å². The third kappa shape index (κ3) is 3.89. The molecule has 0 N–H and O–H groups in total. The van der Waals surface area contributed by atoms with Gasteiger partial charge in [-0.15, -0.1) is 0 Å². The summed E-state index contributed by atoms with van der Waals surface area (Å²) >= 11 is 0. The Morgan fingerprint density at radius 1 is 0.935 bits per heavy atom. The maximum atomic E-state index is 13.1. The first kappa shape index (κ1) is 19.3. The Balaban J connectivity index is 1.31. The number of hydrogen-bond acceptors (Lipinski definition) is 5. The van der Waals surface area contributed by atoms with Crippen molar-refractivity contribution in [2.45, 2.75) is 12.5 Å². The van der Waals surface area contributed by atoms with E-state index in [4.69, 9.17) is 4.74 Å². The summed E-state index contributed by atoms with van der Waals surface area (Å²) in [6.07, 6.45) is 2.03. The van der Waals surface area contributed by atoms with Gasteiger partial charge < -0.3 is 14.5 Å². The summed E-state index contributed by atoms with van der Waals surface area (Å²) in [6, 6.07) is 20.9. The predicted molar refractivity (Wildman–Crippen MR) is 117 cm³/mol. The number of nitrogens with zero attached hydrogens (tertiary/aromatic N) is 3. The fourth-order valence-corrected chi connectivity index (χ4v) is 4.24. The molecule has 31 heavy (non-hydrogen) atoms. The number of fused-ring (bicyclic) bond motifs is 1. The van der Waals surface area contributed by atoms with Gasteiger partial charge in [0.05, 0.1) is 5.56 Å². The minimum Gasteiger partial charge on any atom is -0.454 e. The molecule has 0 unspecified atom stereocenters. The molecule has 6 heteroatoms. The number of pyridine rings is 1. The molecule has 0 aliphatic carbocycles. The van der Waals surface area contributed by atoms with Crippen LogP contribution in [0.5, 0.6) is 0 Å². The van der Waals surface area contributed by atoms with Crippen LogP contribution in [-0.2, 0) is 11.2 Å². The summed E-state index contributed by atoms with van der Waals surface area (Å²) < 4.78 is 5.62. The second kappa shape index (κ2) is 8.22. The second-order valence-corrected chi connectivity index (χ2v) is 7.85. The van der Waals surface area contributed by atoms with Crippen LogP contribution in [0.1, 0.15) is 37.9 Å². The van der Waals surface area contributed by atoms with Gasteiger partial charge in [-0.2, -0.15) is 0 Å². The number of rotatable bonds is 3. The van der Waals surface area contributed by atoms with Crippen LogP contribution in [-0.4, -0.2) is 47.9 Å². The first-order chi connectivity index (χ1) is 15.2. The van der Waals surface area contributed by atoms with Crippen LogP contribution < -0.4 is 4.90 Å². The Bertz CT molecular complexity index is 1090. The number of anilines is 1. The molecule has 2 aliphatic rings. The van der Waals surface area contributed by atoms with E-state index in [1.54, 1.807) is 18.3 Å². The molecule has 0 spiro atoms. The van der Waals surface area contributed by atoms with Crippen molar-refractivity contribution in [1.82, 2.24) is 9.88 Å². The maximum absolute atomic E-state index is 13.1. The van der Waals surface area contributed by atoms with E-state index in [2.05, 4.69) is 9.88 Å². The molecule has 0 saturated carbocycles. The van der Waals surface area contributed by atoms with E-state index in [0.29, 0.717) is 30.6 Å². The third-order valence-electron chi connectivity index (χ3n) is 5.94. The number of ether oxygens (including phenoxy) is 1. The molecule has 156 valence electrons. The molecular formula is C25H23N3O3. The summed E-state index contributed by atoms with van der Waals surface area (Å²) in [4.78, 5) is 34.1. The van der Waals surface area contributed by atoms with Gasteiger partial charge >= 0.3 is 5.97 Å². The number of amides is 1. The Labute approximate surface area is 181 Å². The standard InChI is InChI=1S/C25H23N3O3/c29-24(28-14-12-27(13-15-28)23-8-4-5-11-26-23)19-9-10-21-20(16-19)17-22(31-25(21)30)18-6-2-1-3-7-18/h1-11,16,22H,12-15,17H2/t22-/m0/s1. The minimum atomic E-state index is -0.335. The highest BCUT2D eigenvalue weighted by atomic mass is 16.5. The number of carbonyl (C=O) groups is 2. The summed E-state index contributed by atoms with van der Waals surface area (Å²) in [5.74, 6) is 0.602. The molecule has 0 bridgehead atoms. The second-order valence-electron chi connectivity index (χ2n) is 7.85. The van der Waals surface area contributed by atoms with Crippen LogP contribution in [0.3, 0.4) is 0 Å². The third-order valence-corrected chi connectivity index (χ3v) is 5.94. The van der Waals surface area contributed by atoms with Gasteiger partial charge in [-0.1, -0.05) is 36.4 Å². The van der Waals surface area contributed by atoms with Gasteiger partial charge in [-0.25, -0.2) is 9.78 Å². The lowest BCUT2D eigenvalue weighted by atomic mass is 9.93. The molecule has 6 nitrogen and oxygen atoms in total. The van der Waals surface area contributed by atoms with E-state index < -0.39 is 0 Å². The molecular weight excluding hydrogens is 390 g/mol. The quantitative estimate of drug-likeness (QED) is 0.615. The number of cyclic esters (lactones) is 1. The van der Waals surface area contributed by atoms with Crippen molar-refractivity contribution in [1.29, 1.82) is 0 Å². The van der Waals surface area contributed by atoms with Gasteiger partial charge in [0.1, 0.15) is 11.9 Å². The first-order valence-electron chi connectivity index (χ1n) is 10.5. The Hall–Kier alpha value is -3.67. The highest BCUT2D eigenvalue weighted by Crippen LogP contribution is 2.31. The van der Waals surface area contributed by atoms with E-state index in [1.165, 1.54) is 0 Å². The molecule has 0 radical (unpaired) electrons. The number of carbonyl (C=O) groups excluding carboxylic acids is 2. The average Bonchev–Trinajstić information content (AvgIpc) is 2.84. The summed E-state index contributed by atoms with van der Waals surface area (Å²) in [7, 11) is 0. The molecule has 1 fully saturated rings. The number of aromatic nitrogens is 1. The Morgan fingerprint density at radius 2 is 1.71 bits per heavy atom. The van der Waals surface area contributed by atoms with Crippen LogP contribution in [0.15, 0.2) is 72.9 Å². The van der Waals surface area contributed by atoms with Gasteiger partial charge in [-0.05, 0) is 41.5 Å². The molecule has 1 aromatic heterocycles. The van der Waals surface area contributed by atoms with Crippen LogP contribution in [0, 0.1) is 0 Å². The molecule has 5 rings (SSSR count). The van der Waals surface area contributed by atoms with E-state index in [0.717, 1.165) is 30.0 Å². The molecule has 3 heterocycles. The van der Waals surface area contributed by atoms with Gasteiger partial charge in [-0.3, -0.25) is 4.79 Å². The van der Waals surface area contributed by atoms with Gasteiger partial charge in [0.2, 0.25) is 0 Å². The van der Waals surface area contributed by atoms with Crippen LogP contribution in [0.4, 0.5) is 5.82 Å². The molecule has 1 saturated heterocycles. The van der Waals surface area contributed by atoms with Crippen molar-refractivity contribution in [2.24, 2.45) is 0 Å². The van der Waals surface area contributed by atoms with Crippen molar-refractivity contribution >= 4 is 17.7 Å². The summed E-state index contributed by atoms with van der Waals surface area (Å²) in [5.41, 5.74) is 2.99. The highest BCUT2D eigenvalue weighted by Gasteiger charge is 2.29. The molecule has 2 aromatic carbocycles. The molecule has 3 aromatic rings. The molecule has 1 amide bonds. The Morgan fingerprint density at radius 3 is 2.45 bits per heavy atom. The van der Waals surface area contributed by atoms with E-state index in [9.17, 15) is 9.59 Å². The van der Waals surface area contributed by atoms with Gasteiger partial charge in [0, 0.05) is 44.4 Å². The predicted octanol–water partition coefficient (Wildman–Crippen LogP) is 3.50. The van der Waals surface area contributed by atoms with Crippen LogP contribution in [0.25, 0.3) is 0 Å². The fourth-order valence-electron chi connectivity index (χ4n) is 4.24. The largest absolute Gasteiger partial charge is 0.454 e. The molecule has 1 atom stereocenters. The zero-order chi connectivity index (χ0) is 21.2. The fraction of sp³-hybridized carbons (Fsp3) is 0.240. The zero-order valence-electron chi connectivity index (χ0n) is 17.1. The SMILES string of the molecule is O=C1O[C@H](c2ccccc2)Cc2cc(C(=O)N3CCN(c4ccccn4)CC3)ccc21. The van der Waals surface area contributed by atoms with Crippen molar-refractivity contribution in [3.63, 3.8) is 0 Å². The highest BCUT2D eigenvalue weighted by molar-refractivity contribution is 5.98. The van der Waals surface area contributed by atoms with Crippen molar-refractivity contribution in [3.8, 4) is 0 Å². The average molecular weight is 413 g/mol. The monoisotopic (exact) mass is 413 g/mol. The zero-order valence-corrected chi connectivity index (χ0v) is 17.1. The first-order valence-corrected chi connectivity index (χ1v) is 10.5. The topological polar surface area (TPSA) is 62.7 Å². The lowest BCUT2D eigenvalue weighted by Crippen LogP contribution is -2.49. The number of hydrogen-bond donors (Lipinski definition) is 0. The number of piperazine rings is 1. The Kier molecular flexibility index (Phi) is 5.12. The lowest BCUT2D eigenvalue weighted by molar-refractivity contribution is 0.0252. The molecule has 2 aliphatic heterocycles. The van der Waals surface area contributed by atoms with Crippen molar-refractivity contribution in [2.75, 3.05) is 31.1 Å². The maximum Gasteiger partial charge on any atom is 0.339 e. The van der Waals surface area contributed by atoms with Gasteiger partial charge in [0.15, 0.2) is 0 Å². The minimum absolute atomic E-state index is 0.00123. The number of esters is 1. The number of benzene rings is 2. The van der Waals surface area contributed by atoms with E-state index in [1.807, 2.05) is 59.5 Å². The van der Waals surface area contributed by atoms with Crippen LogP contribution in [0.2, 0.25) is 0 Å². The lowest BCUT2D eigenvalue weighted by Gasteiger charge is -2.35. The normalized spacial score (nSPS) is 18.3.